The van der Waals surface area contributed by atoms with Crippen molar-refractivity contribution in [3.63, 3.8) is 0 Å². The second kappa shape index (κ2) is 7.04. The molecule has 2 aromatic carbocycles. The lowest BCUT2D eigenvalue weighted by Gasteiger charge is -2.18. The maximum atomic E-state index is 9.61. The van der Waals surface area contributed by atoms with Crippen LogP contribution in [0.1, 0.15) is 11.1 Å². The maximum absolute atomic E-state index is 9.61. The first-order chi connectivity index (χ1) is 10.5. The molecule has 0 unspecified atom stereocenters. The second-order valence-electron chi connectivity index (χ2n) is 5.18. The summed E-state index contributed by atoms with van der Waals surface area (Å²) in [4.78, 5) is 2.12. The topological polar surface area (TPSA) is 62.2 Å². The molecule has 5 nitrogen and oxygen atoms in total. The van der Waals surface area contributed by atoms with Crippen molar-refractivity contribution in [2.75, 3.05) is 21.3 Å². The van der Waals surface area contributed by atoms with E-state index in [0.717, 1.165) is 11.1 Å². The zero-order valence-electron chi connectivity index (χ0n) is 13.0. The summed E-state index contributed by atoms with van der Waals surface area (Å²) in [5.41, 5.74) is 2.09. The molecular weight excluding hydrogens is 282 g/mol. The van der Waals surface area contributed by atoms with Crippen molar-refractivity contribution in [2.45, 2.75) is 13.1 Å². The Morgan fingerprint density at radius 1 is 0.818 bits per heavy atom. The van der Waals surface area contributed by atoms with Gasteiger partial charge in [-0.25, -0.2) is 0 Å². The SMILES string of the molecule is COc1cc(CN(C)Cc2ccc(O)c(OC)c2)ccc1O. The number of hydrogen-bond acceptors (Lipinski definition) is 5. The van der Waals surface area contributed by atoms with Crippen LogP contribution in [0.3, 0.4) is 0 Å². The summed E-state index contributed by atoms with van der Waals surface area (Å²) in [5.74, 6) is 1.21. The van der Waals surface area contributed by atoms with Gasteiger partial charge in [-0.1, -0.05) is 12.1 Å². The molecule has 118 valence electrons. The molecule has 0 aromatic heterocycles. The third-order valence-corrected chi connectivity index (χ3v) is 3.39. The van der Waals surface area contributed by atoms with E-state index in [4.69, 9.17) is 9.47 Å². The highest BCUT2D eigenvalue weighted by Crippen LogP contribution is 2.28. The minimum Gasteiger partial charge on any atom is -0.504 e. The van der Waals surface area contributed by atoms with E-state index in [9.17, 15) is 10.2 Å². The van der Waals surface area contributed by atoms with Crippen molar-refractivity contribution in [3.05, 3.63) is 47.5 Å². The third kappa shape index (κ3) is 3.83. The highest BCUT2D eigenvalue weighted by molar-refractivity contribution is 5.42. The Labute approximate surface area is 130 Å². The summed E-state index contributed by atoms with van der Waals surface area (Å²) >= 11 is 0. The predicted molar refractivity (Wildman–Crippen MR) is 84.5 cm³/mol. The van der Waals surface area contributed by atoms with Crippen molar-refractivity contribution in [1.82, 2.24) is 4.90 Å². The fraction of sp³-hybridized carbons (Fsp3) is 0.294. The lowest BCUT2D eigenvalue weighted by Crippen LogP contribution is -2.17. The molecule has 0 aliphatic rings. The van der Waals surface area contributed by atoms with Gasteiger partial charge in [0.05, 0.1) is 14.2 Å². The number of phenolic OH excluding ortho intramolecular Hbond substituents is 2. The minimum atomic E-state index is 0.136. The van der Waals surface area contributed by atoms with Gasteiger partial charge in [-0.05, 0) is 42.4 Å². The van der Waals surface area contributed by atoms with Crippen LogP contribution >= 0.6 is 0 Å². The standard InChI is InChI=1S/C17H21NO4/c1-18(10-12-4-6-14(19)16(8-12)21-2)11-13-5-7-15(20)17(9-13)22-3/h4-9,19-20H,10-11H2,1-3H3. The van der Waals surface area contributed by atoms with E-state index in [1.807, 2.05) is 31.3 Å². The molecule has 5 heteroatoms. The zero-order chi connectivity index (χ0) is 16.1. The van der Waals surface area contributed by atoms with Crippen molar-refractivity contribution >= 4 is 0 Å². The molecule has 0 atom stereocenters. The number of rotatable bonds is 6. The number of aromatic hydroxyl groups is 2. The van der Waals surface area contributed by atoms with Crippen LogP contribution < -0.4 is 9.47 Å². The Kier molecular flexibility index (Phi) is 5.12. The lowest BCUT2D eigenvalue weighted by atomic mass is 10.1. The van der Waals surface area contributed by atoms with Crippen LogP contribution in [-0.2, 0) is 13.1 Å². The fourth-order valence-electron chi connectivity index (χ4n) is 2.32. The molecule has 2 aromatic rings. The van der Waals surface area contributed by atoms with Gasteiger partial charge in [0.2, 0.25) is 0 Å². The molecule has 0 amide bonds. The van der Waals surface area contributed by atoms with E-state index in [0.29, 0.717) is 24.6 Å². The number of ether oxygens (including phenoxy) is 2. The van der Waals surface area contributed by atoms with Crippen LogP contribution in [0.4, 0.5) is 0 Å². The molecule has 22 heavy (non-hydrogen) atoms. The van der Waals surface area contributed by atoms with E-state index in [-0.39, 0.29) is 11.5 Å². The van der Waals surface area contributed by atoms with Gasteiger partial charge in [0.25, 0.3) is 0 Å². The quantitative estimate of drug-likeness (QED) is 0.859. The molecule has 0 heterocycles. The summed E-state index contributed by atoms with van der Waals surface area (Å²) in [5, 5.41) is 19.2. The molecule has 0 saturated heterocycles. The second-order valence-corrected chi connectivity index (χ2v) is 5.18. The van der Waals surface area contributed by atoms with Crippen LogP contribution in [0.25, 0.3) is 0 Å². The van der Waals surface area contributed by atoms with Crippen molar-refractivity contribution in [1.29, 1.82) is 0 Å². The Morgan fingerprint density at radius 2 is 1.23 bits per heavy atom. The third-order valence-electron chi connectivity index (χ3n) is 3.39. The Morgan fingerprint density at radius 3 is 1.59 bits per heavy atom. The monoisotopic (exact) mass is 303 g/mol. The molecule has 0 aliphatic carbocycles. The summed E-state index contributed by atoms with van der Waals surface area (Å²) in [6.45, 7) is 1.42. The van der Waals surface area contributed by atoms with E-state index >= 15 is 0 Å². The molecule has 0 spiro atoms. The van der Waals surface area contributed by atoms with Crippen LogP contribution in [0.2, 0.25) is 0 Å². The van der Waals surface area contributed by atoms with Gasteiger partial charge in [-0.2, -0.15) is 0 Å². The predicted octanol–water partition coefficient (Wildman–Crippen LogP) is 2.75. The summed E-state index contributed by atoms with van der Waals surface area (Å²) in [7, 11) is 5.06. The minimum absolute atomic E-state index is 0.136. The summed E-state index contributed by atoms with van der Waals surface area (Å²) < 4.78 is 10.2. The van der Waals surface area contributed by atoms with Crippen molar-refractivity contribution in [2.24, 2.45) is 0 Å². The van der Waals surface area contributed by atoms with Crippen LogP contribution in [0, 0.1) is 0 Å². The molecule has 0 fully saturated rings. The summed E-state index contributed by atoms with van der Waals surface area (Å²) in [6.07, 6.45) is 0. The van der Waals surface area contributed by atoms with E-state index in [1.165, 1.54) is 14.2 Å². The van der Waals surface area contributed by atoms with Gasteiger partial charge in [0.1, 0.15) is 0 Å². The Bertz CT molecular complexity index is 587. The first-order valence-electron chi connectivity index (χ1n) is 6.93. The molecule has 2 rings (SSSR count). The number of methoxy groups -OCH3 is 2. The highest BCUT2D eigenvalue weighted by Gasteiger charge is 2.08. The summed E-state index contributed by atoms with van der Waals surface area (Å²) in [6, 6.07) is 10.6. The fourth-order valence-corrected chi connectivity index (χ4v) is 2.32. The van der Waals surface area contributed by atoms with Crippen LogP contribution in [0.5, 0.6) is 23.0 Å². The van der Waals surface area contributed by atoms with Crippen LogP contribution in [0.15, 0.2) is 36.4 Å². The molecule has 0 bridgehead atoms. The van der Waals surface area contributed by atoms with E-state index in [1.54, 1.807) is 12.1 Å². The highest BCUT2D eigenvalue weighted by atomic mass is 16.5. The molecule has 0 aliphatic heterocycles. The molecular formula is C17H21NO4. The Balaban J connectivity index is 2.05. The van der Waals surface area contributed by atoms with Gasteiger partial charge in [0.15, 0.2) is 23.0 Å². The van der Waals surface area contributed by atoms with Gasteiger partial charge >= 0.3 is 0 Å². The number of nitrogens with zero attached hydrogens (tertiary/aromatic N) is 1. The number of hydrogen-bond donors (Lipinski definition) is 2. The molecule has 0 radical (unpaired) electrons. The normalized spacial score (nSPS) is 10.7. The smallest absolute Gasteiger partial charge is 0.160 e. The lowest BCUT2D eigenvalue weighted by molar-refractivity contribution is 0.315. The largest absolute Gasteiger partial charge is 0.504 e. The van der Waals surface area contributed by atoms with Crippen molar-refractivity contribution in [3.8, 4) is 23.0 Å². The maximum Gasteiger partial charge on any atom is 0.160 e. The van der Waals surface area contributed by atoms with E-state index in [2.05, 4.69) is 4.90 Å². The number of phenols is 2. The first-order valence-corrected chi connectivity index (χ1v) is 6.93. The Hall–Kier alpha value is -2.40. The molecule has 2 N–H and O–H groups in total. The van der Waals surface area contributed by atoms with Gasteiger partial charge in [-0.3, -0.25) is 4.90 Å². The average Bonchev–Trinajstić information content (AvgIpc) is 2.51. The van der Waals surface area contributed by atoms with Gasteiger partial charge < -0.3 is 19.7 Å². The zero-order valence-corrected chi connectivity index (χ0v) is 13.0. The first kappa shape index (κ1) is 16.0. The molecule has 0 saturated carbocycles. The van der Waals surface area contributed by atoms with Gasteiger partial charge in [-0.15, -0.1) is 0 Å². The van der Waals surface area contributed by atoms with Crippen LogP contribution in [-0.4, -0.2) is 36.4 Å². The number of benzene rings is 2. The average molecular weight is 303 g/mol. The van der Waals surface area contributed by atoms with Gasteiger partial charge in [0, 0.05) is 13.1 Å². The van der Waals surface area contributed by atoms with Crippen molar-refractivity contribution < 1.29 is 19.7 Å². The van der Waals surface area contributed by atoms with E-state index < -0.39 is 0 Å².